The largest absolute Gasteiger partial charge is 0.324 e. The van der Waals surface area contributed by atoms with Crippen molar-refractivity contribution < 1.29 is 4.39 Å². The van der Waals surface area contributed by atoms with Crippen molar-refractivity contribution in [3.05, 3.63) is 34.1 Å². The van der Waals surface area contributed by atoms with Gasteiger partial charge < -0.3 is 5.73 Å². The molecule has 0 amide bonds. The summed E-state index contributed by atoms with van der Waals surface area (Å²) in [6.45, 7) is 4.09. The fraction of sp³-hybridized carbons (Fsp3) is 0.455. The molecule has 1 unspecified atom stereocenters. The van der Waals surface area contributed by atoms with Gasteiger partial charge >= 0.3 is 0 Å². The van der Waals surface area contributed by atoms with Crippen molar-refractivity contribution in [3.63, 3.8) is 0 Å². The van der Waals surface area contributed by atoms with E-state index in [4.69, 9.17) is 5.73 Å². The van der Waals surface area contributed by atoms with Crippen LogP contribution in [0.15, 0.2) is 22.7 Å². The standard InChI is InChI=1S/C11H15BrFN/c1-3-7(2)11(14)9-5-4-8(12)6-10(9)13/h4-7,11H,3,14H2,1-2H3/t7?,11-/m0/s1. The predicted octanol–water partition coefficient (Wildman–Crippen LogP) is 3.63. The van der Waals surface area contributed by atoms with Crippen molar-refractivity contribution in [2.24, 2.45) is 11.7 Å². The lowest BCUT2D eigenvalue weighted by molar-refractivity contribution is 0.439. The zero-order valence-corrected chi connectivity index (χ0v) is 10.0. The molecule has 2 N–H and O–H groups in total. The molecule has 0 fully saturated rings. The van der Waals surface area contributed by atoms with Gasteiger partial charge in [0, 0.05) is 16.1 Å². The zero-order chi connectivity index (χ0) is 10.7. The lowest BCUT2D eigenvalue weighted by atomic mass is 9.93. The molecule has 3 heteroatoms. The third kappa shape index (κ3) is 2.55. The van der Waals surface area contributed by atoms with Crippen LogP contribution >= 0.6 is 15.9 Å². The quantitative estimate of drug-likeness (QED) is 0.882. The van der Waals surface area contributed by atoms with Crippen LogP contribution in [-0.2, 0) is 0 Å². The molecule has 0 spiro atoms. The van der Waals surface area contributed by atoms with Crippen molar-refractivity contribution in [1.29, 1.82) is 0 Å². The van der Waals surface area contributed by atoms with E-state index in [1.54, 1.807) is 6.07 Å². The first kappa shape index (κ1) is 11.7. The molecule has 1 rings (SSSR count). The highest BCUT2D eigenvalue weighted by Crippen LogP contribution is 2.25. The first-order valence-corrected chi connectivity index (χ1v) is 5.56. The maximum Gasteiger partial charge on any atom is 0.129 e. The fourth-order valence-corrected chi connectivity index (χ4v) is 1.67. The van der Waals surface area contributed by atoms with E-state index in [2.05, 4.69) is 22.9 Å². The molecular formula is C11H15BrFN. The van der Waals surface area contributed by atoms with E-state index < -0.39 is 0 Å². The van der Waals surface area contributed by atoms with Crippen LogP contribution in [0.4, 0.5) is 4.39 Å². The summed E-state index contributed by atoms with van der Waals surface area (Å²) >= 11 is 3.22. The van der Waals surface area contributed by atoms with Gasteiger partial charge in [-0.3, -0.25) is 0 Å². The molecule has 0 heterocycles. The molecular weight excluding hydrogens is 245 g/mol. The minimum Gasteiger partial charge on any atom is -0.324 e. The first-order chi connectivity index (χ1) is 6.56. The summed E-state index contributed by atoms with van der Waals surface area (Å²) in [6.07, 6.45) is 0.955. The normalized spacial score (nSPS) is 15.2. The summed E-state index contributed by atoms with van der Waals surface area (Å²) in [6, 6.07) is 4.81. The molecule has 0 aliphatic heterocycles. The average Bonchev–Trinajstić information content (AvgIpc) is 2.15. The van der Waals surface area contributed by atoms with E-state index in [-0.39, 0.29) is 11.9 Å². The van der Waals surface area contributed by atoms with E-state index in [0.29, 0.717) is 11.5 Å². The number of nitrogens with two attached hydrogens (primary N) is 1. The third-order valence-corrected chi connectivity index (χ3v) is 3.07. The summed E-state index contributed by atoms with van der Waals surface area (Å²) in [5.41, 5.74) is 6.54. The third-order valence-electron chi connectivity index (χ3n) is 2.58. The fourth-order valence-electron chi connectivity index (χ4n) is 1.33. The van der Waals surface area contributed by atoms with Gasteiger partial charge in [-0.1, -0.05) is 42.3 Å². The summed E-state index contributed by atoms with van der Waals surface area (Å²) in [7, 11) is 0. The van der Waals surface area contributed by atoms with Crippen LogP contribution in [0.25, 0.3) is 0 Å². The first-order valence-electron chi connectivity index (χ1n) is 4.76. The van der Waals surface area contributed by atoms with Gasteiger partial charge in [0.05, 0.1) is 0 Å². The van der Waals surface area contributed by atoms with Gasteiger partial charge in [0.15, 0.2) is 0 Å². The van der Waals surface area contributed by atoms with Gasteiger partial charge in [0.2, 0.25) is 0 Å². The monoisotopic (exact) mass is 259 g/mol. The van der Waals surface area contributed by atoms with Crippen molar-refractivity contribution in [3.8, 4) is 0 Å². The van der Waals surface area contributed by atoms with E-state index in [1.165, 1.54) is 6.07 Å². The second-order valence-electron chi connectivity index (χ2n) is 3.58. The molecule has 0 aromatic heterocycles. The summed E-state index contributed by atoms with van der Waals surface area (Å²) in [5.74, 6) is 0.0675. The predicted molar refractivity (Wildman–Crippen MR) is 60.5 cm³/mol. The van der Waals surface area contributed by atoms with Crippen LogP contribution in [0.1, 0.15) is 31.9 Å². The summed E-state index contributed by atoms with van der Waals surface area (Å²) in [4.78, 5) is 0. The topological polar surface area (TPSA) is 26.0 Å². The second kappa shape index (κ2) is 4.89. The van der Waals surface area contributed by atoms with E-state index >= 15 is 0 Å². The SMILES string of the molecule is CCC(C)[C@H](N)c1ccc(Br)cc1F. The minimum absolute atomic E-state index is 0.215. The average molecular weight is 260 g/mol. The molecule has 14 heavy (non-hydrogen) atoms. The highest BCUT2D eigenvalue weighted by Gasteiger charge is 2.16. The number of hydrogen-bond acceptors (Lipinski definition) is 1. The zero-order valence-electron chi connectivity index (χ0n) is 8.43. The Hall–Kier alpha value is -0.410. The van der Waals surface area contributed by atoms with Crippen LogP contribution in [0.3, 0.4) is 0 Å². The Morgan fingerprint density at radius 1 is 1.50 bits per heavy atom. The maximum atomic E-state index is 13.5. The molecule has 0 radical (unpaired) electrons. The van der Waals surface area contributed by atoms with Gasteiger partial charge in [0.25, 0.3) is 0 Å². The lowest BCUT2D eigenvalue weighted by Crippen LogP contribution is -2.19. The Balaban J connectivity index is 2.95. The minimum atomic E-state index is -0.229. The highest BCUT2D eigenvalue weighted by molar-refractivity contribution is 9.10. The van der Waals surface area contributed by atoms with Crippen LogP contribution in [0.2, 0.25) is 0 Å². The van der Waals surface area contributed by atoms with Crippen molar-refractivity contribution in [2.75, 3.05) is 0 Å². The molecule has 78 valence electrons. The molecule has 1 aromatic rings. The number of hydrogen-bond donors (Lipinski definition) is 1. The van der Waals surface area contributed by atoms with Crippen LogP contribution in [0.5, 0.6) is 0 Å². The molecule has 0 aliphatic carbocycles. The Bertz CT molecular complexity index is 314. The van der Waals surface area contributed by atoms with Gasteiger partial charge in [-0.25, -0.2) is 4.39 Å². The Kier molecular flexibility index (Phi) is 4.08. The molecule has 0 aliphatic rings. The van der Waals surface area contributed by atoms with Gasteiger partial charge in [-0.15, -0.1) is 0 Å². The Labute approximate surface area is 92.6 Å². The molecule has 1 nitrogen and oxygen atoms in total. The van der Waals surface area contributed by atoms with Gasteiger partial charge in [-0.2, -0.15) is 0 Å². The Morgan fingerprint density at radius 2 is 2.14 bits per heavy atom. The molecule has 1 aromatic carbocycles. The molecule has 0 saturated carbocycles. The van der Waals surface area contributed by atoms with E-state index in [0.717, 1.165) is 10.9 Å². The Morgan fingerprint density at radius 3 is 2.64 bits per heavy atom. The van der Waals surface area contributed by atoms with Crippen LogP contribution in [0, 0.1) is 11.7 Å². The lowest BCUT2D eigenvalue weighted by Gasteiger charge is -2.19. The molecule has 0 saturated heterocycles. The van der Waals surface area contributed by atoms with E-state index in [1.807, 2.05) is 13.0 Å². The number of benzene rings is 1. The second-order valence-corrected chi connectivity index (χ2v) is 4.49. The van der Waals surface area contributed by atoms with Gasteiger partial charge in [0.1, 0.15) is 5.82 Å². The summed E-state index contributed by atoms with van der Waals surface area (Å²) in [5, 5.41) is 0. The number of halogens is 2. The van der Waals surface area contributed by atoms with Crippen molar-refractivity contribution in [2.45, 2.75) is 26.3 Å². The highest BCUT2D eigenvalue weighted by atomic mass is 79.9. The molecule has 0 bridgehead atoms. The summed E-state index contributed by atoms with van der Waals surface area (Å²) < 4.78 is 14.2. The van der Waals surface area contributed by atoms with E-state index in [9.17, 15) is 4.39 Å². The van der Waals surface area contributed by atoms with Gasteiger partial charge in [-0.05, 0) is 18.1 Å². The van der Waals surface area contributed by atoms with Crippen molar-refractivity contribution in [1.82, 2.24) is 0 Å². The van der Waals surface area contributed by atoms with Crippen LogP contribution < -0.4 is 5.73 Å². The smallest absolute Gasteiger partial charge is 0.129 e. The maximum absolute atomic E-state index is 13.5. The molecule has 2 atom stereocenters. The van der Waals surface area contributed by atoms with Crippen molar-refractivity contribution >= 4 is 15.9 Å². The van der Waals surface area contributed by atoms with Crippen LogP contribution in [-0.4, -0.2) is 0 Å². The number of rotatable bonds is 3.